The minimum Gasteiger partial charge on any atom is -0.444 e. The van der Waals surface area contributed by atoms with Gasteiger partial charge < -0.3 is 30.7 Å². The Bertz CT molecular complexity index is 1570. The van der Waals surface area contributed by atoms with Crippen molar-refractivity contribution in [3.63, 3.8) is 0 Å². The third-order valence-corrected chi connectivity index (χ3v) is 7.87. The van der Waals surface area contributed by atoms with Crippen LogP contribution in [0.5, 0.6) is 0 Å². The first kappa shape index (κ1) is 36.6. The predicted octanol–water partition coefficient (Wildman–Crippen LogP) is 4.96. The van der Waals surface area contributed by atoms with Crippen LogP contribution in [0.15, 0.2) is 88.7 Å². The number of ether oxygens (including phenoxy) is 1. The lowest BCUT2D eigenvalue weighted by molar-refractivity contribution is -0.128. The number of hydrogen-bond donors (Lipinski definition) is 4. The fourth-order valence-corrected chi connectivity index (χ4v) is 5.49. The SMILES string of the molecule is CN(CC(=O)N[C@@H](CCCCNC(=O)OC(C)(C)C)[C@H](O)C(=O)Nc1ccccc1)C(=O)c1ccccc1Sc1ccccc1C#N. The first-order chi connectivity index (χ1) is 22.4. The monoisotopic (exact) mass is 659 g/mol. The minimum absolute atomic E-state index is 0.223. The molecule has 0 aliphatic carbocycles. The number of para-hydroxylation sites is 1. The van der Waals surface area contributed by atoms with Gasteiger partial charge in [-0.3, -0.25) is 14.4 Å². The number of amides is 4. The molecule has 248 valence electrons. The maximum absolute atomic E-state index is 13.5. The van der Waals surface area contributed by atoms with E-state index in [0.717, 1.165) is 0 Å². The van der Waals surface area contributed by atoms with Gasteiger partial charge in [0, 0.05) is 29.1 Å². The summed E-state index contributed by atoms with van der Waals surface area (Å²) >= 11 is 1.28. The maximum Gasteiger partial charge on any atom is 0.407 e. The molecule has 3 rings (SSSR count). The molecule has 12 heteroatoms. The Hall–Kier alpha value is -4.86. The highest BCUT2D eigenvalue weighted by atomic mass is 32.2. The van der Waals surface area contributed by atoms with E-state index in [1.54, 1.807) is 93.6 Å². The molecular weight excluding hydrogens is 618 g/mol. The van der Waals surface area contributed by atoms with Crippen LogP contribution in [0.25, 0.3) is 0 Å². The zero-order chi connectivity index (χ0) is 34.4. The molecule has 47 heavy (non-hydrogen) atoms. The Balaban J connectivity index is 1.65. The maximum atomic E-state index is 13.5. The van der Waals surface area contributed by atoms with Crippen LogP contribution < -0.4 is 16.0 Å². The van der Waals surface area contributed by atoms with Crippen molar-refractivity contribution in [2.45, 2.75) is 67.6 Å². The van der Waals surface area contributed by atoms with Crippen LogP contribution in [-0.4, -0.2) is 71.7 Å². The summed E-state index contributed by atoms with van der Waals surface area (Å²) in [7, 11) is 1.49. The molecule has 0 aliphatic rings. The molecule has 3 aromatic carbocycles. The second kappa shape index (κ2) is 17.7. The van der Waals surface area contributed by atoms with Crippen molar-refractivity contribution in [2.75, 3.05) is 25.5 Å². The highest BCUT2D eigenvalue weighted by Crippen LogP contribution is 2.33. The van der Waals surface area contributed by atoms with E-state index in [0.29, 0.717) is 46.0 Å². The molecule has 0 saturated carbocycles. The quantitative estimate of drug-likeness (QED) is 0.177. The molecule has 0 heterocycles. The Morgan fingerprint density at radius 1 is 0.936 bits per heavy atom. The number of nitriles is 1. The number of alkyl carbamates (subject to hydrolysis) is 1. The van der Waals surface area contributed by atoms with E-state index in [2.05, 4.69) is 22.0 Å². The third-order valence-electron chi connectivity index (χ3n) is 6.72. The van der Waals surface area contributed by atoms with Crippen LogP contribution >= 0.6 is 11.8 Å². The number of rotatable bonds is 14. The summed E-state index contributed by atoms with van der Waals surface area (Å²) in [5.41, 5.74) is 0.696. The van der Waals surface area contributed by atoms with Crippen molar-refractivity contribution >= 4 is 41.3 Å². The van der Waals surface area contributed by atoms with Gasteiger partial charge in [0.05, 0.1) is 23.7 Å². The average Bonchev–Trinajstić information content (AvgIpc) is 3.03. The standard InChI is InChI=1S/C35H41N5O6S/c1-35(2,3)46-34(45)37-21-13-12-18-27(31(42)32(43)38-25-15-6-5-7-16-25)39-30(41)23-40(4)33(44)26-17-9-11-20-29(26)47-28-19-10-8-14-24(28)22-36/h5-11,14-17,19-20,27,31,42H,12-13,18,21,23H2,1-4H3,(H,37,45)(H,38,43)(H,39,41)/t27-,31-/m0/s1. The normalized spacial score (nSPS) is 12.2. The summed E-state index contributed by atoms with van der Waals surface area (Å²) < 4.78 is 5.23. The first-order valence-electron chi connectivity index (χ1n) is 15.2. The van der Waals surface area contributed by atoms with Gasteiger partial charge in [-0.1, -0.05) is 54.2 Å². The molecule has 0 unspecified atom stereocenters. The molecular formula is C35H41N5O6S. The predicted molar refractivity (Wildman–Crippen MR) is 180 cm³/mol. The Morgan fingerprint density at radius 2 is 1.57 bits per heavy atom. The number of nitrogens with zero attached hydrogens (tertiary/aromatic N) is 2. The van der Waals surface area contributed by atoms with E-state index in [-0.39, 0.29) is 13.0 Å². The Kier molecular flexibility index (Phi) is 13.8. The second-order valence-electron chi connectivity index (χ2n) is 11.8. The summed E-state index contributed by atoms with van der Waals surface area (Å²) in [5.74, 6) is -1.67. The van der Waals surface area contributed by atoms with Crippen molar-refractivity contribution in [3.8, 4) is 6.07 Å². The fraction of sp³-hybridized carbons (Fsp3) is 0.343. The van der Waals surface area contributed by atoms with Crippen LogP contribution in [0.1, 0.15) is 56.0 Å². The van der Waals surface area contributed by atoms with Gasteiger partial charge >= 0.3 is 6.09 Å². The number of anilines is 1. The lowest BCUT2D eigenvalue weighted by Crippen LogP contribution is -2.51. The number of likely N-dealkylation sites (N-methyl/N-ethyl adjacent to an activating group) is 1. The molecule has 0 aromatic heterocycles. The second-order valence-corrected chi connectivity index (χ2v) is 12.8. The molecule has 0 bridgehead atoms. The van der Waals surface area contributed by atoms with Crippen molar-refractivity contribution < 1.29 is 29.0 Å². The number of aliphatic hydroxyl groups excluding tert-OH is 1. The topological polar surface area (TPSA) is 161 Å². The Labute approximate surface area is 279 Å². The number of benzene rings is 3. The van der Waals surface area contributed by atoms with Gasteiger partial charge in [0.25, 0.3) is 11.8 Å². The molecule has 4 N–H and O–H groups in total. The first-order valence-corrected chi connectivity index (χ1v) is 16.0. The van der Waals surface area contributed by atoms with E-state index in [1.807, 2.05) is 6.07 Å². The minimum atomic E-state index is -1.59. The number of unbranched alkanes of at least 4 members (excludes halogenated alkanes) is 1. The van der Waals surface area contributed by atoms with E-state index in [1.165, 1.54) is 23.7 Å². The van der Waals surface area contributed by atoms with Crippen molar-refractivity contribution in [1.29, 1.82) is 5.26 Å². The number of carbonyl (C=O) groups is 4. The highest BCUT2D eigenvalue weighted by molar-refractivity contribution is 7.99. The lowest BCUT2D eigenvalue weighted by atomic mass is 10.0. The van der Waals surface area contributed by atoms with Crippen LogP contribution in [-0.2, 0) is 14.3 Å². The molecule has 0 spiro atoms. The number of carbonyl (C=O) groups excluding carboxylic acids is 4. The molecule has 0 radical (unpaired) electrons. The van der Waals surface area contributed by atoms with Gasteiger partial charge in [-0.15, -0.1) is 0 Å². The van der Waals surface area contributed by atoms with E-state index in [4.69, 9.17) is 4.74 Å². The number of nitrogens with one attached hydrogen (secondary N) is 3. The molecule has 11 nitrogen and oxygen atoms in total. The fourth-order valence-electron chi connectivity index (χ4n) is 4.47. The summed E-state index contributed by atoms with van der Waals surface area (Å²) in [4.78, 5) is 54.1. The van der Waals surface area contributed by atoms with Crippen LogP contribution in [0.4, 0.5) is 10.5 Å². The van der Waals surface area contributed by atoms with Crippen LogP contribution in [0, 0.1) is 11.3 Å². The molecule has 0 aliphatic heterocycles. The summed E-state index contributed by atoms with van der Waals surface area (Å²) in [5, 5.41) is 28.5. The van der Waals surface area contributed by atoms with Gasteiger partial charge in [0.2, 0.25) is 5.91 Å². The van der Waals surface area contributed by atoms with Gasteiger partial charge in [-0.05, 0) is 76.4 Å². The summed E-state index contributed by atoms with van der Waals surface area (Å²) in [6.07, 6.45) is -0.955. The molecule has 4 amide bonds. The van der Waals surface area contributed by atoms with Gasteiger partial charge in [0.15, 0.2) is 6.10 Å². The largest absolute Gasteiger partial charge is 0.444 e. The van der Waals surface area contributed by atoms with E-state index < -0.39 is 41.6 Å². The molecule has 0 fully saturated rings. The van der Waals surface area contributed by atoms with Crippen LogP contribution in [0.2, 0.25) is 0 Å². The van der Waals surface area contributed by atoms with Gasteiger partial charge in [0.1, 0.15) is 11.7 Å². The van der Waals surface area contributed by atoms with Gasteiger partial charge in [-0.25, -0.2) is 4.79 Å². The van der Waals surface area contributed by atoms with Crippen molar-refractivity contribution in [3.05, 3.63) is 90.0 Å². The highest BCUT2D eigenvalue weighted by Gasteiger charge is 2.29. The molecule has 2 atom stereocenters. The van der Waals surface area contributed by atoms with Crippen molar-refractivity contribution in [2.24, 2.45) is 0 Å². The Morgan fingerprint density at radius 3 is 2.26 bits per heavy atom. The van der Waals surface area contributed by atoms with E-state index in [9.17, 15) is 29.5 Å². The summed E-state index contributed by atoms with van der Waals surface area (Å²) in [6, 6.07) is 23.8. The van der Waals surface area contributed by atoms with Gasteiger partial charge in [-0.2, -0.15) is 5.26 Å². The van der Waals surface area contributed by atoms with Crippen LogP contribution in [0.3, 0.4) is 0 Å². The smallest absolute Gasteiger partial charge is 0.407 e. The molecule has 0 saturated heterocycles. The molecule has 3 aromatic rings. The average molecular weight is 660 g/mol. The lowest BCUT2D eigenvalue weighted by Gasteiger charge is -2.25. The summed E-state index contributed by atoms with van der Waals surface area (Å²) in [6.45, 7) is 5.26. The number of aliphatic hydroxyl groups is 1. The number of hydrogen-bond acceptors (Lipinski definition) is 8. The van der Waals surface area contributed by atoms with Crippen molar-refractivity contribution in [1.82, 2.24) is 15.5 Å². The van der Waals surface area contributed by atoms with E-state index >= 15 is 0 Å². The third kappa shape index (κ3) is 12.1. The zero-order valence-corrected chi connectivity index (χ0v) is 27.8. The zero-order valence-electron chi connectivity index (χ0n) is 27.0.